The van der Waals surface area contributed by atoms with Crippen LogP contribution in [0.25, 0.3) is 5.82 Å². The third-order valence-corrected chi connectivity index (χ3v) is 4.55. The van der Waals surface area contributed by atoms with Crippen LogP contribution in [-0.2, 0) is 11.3 Å². The van der Waals surface area contributed by atoms with Gasteiger partial charge in [-0.3, -0.25) is 14.4 Å². The number of rotatable bonds is 5. The number of primary amides is 1. The molecule has 0 aliphatic carbocycles. The Kier molecular flexibility index (Phi) is 8.01. The first kappa shape index (κ1) is 21.1. The fourth-order valence-corrected chi connectivity index (χ4v) is 3.33. The summed E-state index contributed by atoms with van der Waals surface area (Å²) in [5.74, 6) is 1.74. The van der Waals surface area contributed by atoms with E-state index in [9.17, 15) is 4.79 Å². The highest BCUT2D eigenvalue weighted by atomic mass is 127. The number of aromatic nitrogens is 3. The van der Waals surface area contributed by atoms with Crippen LogP contribution < -0.4 is 11.1 Å². The summed E-state index contributed by atoms with van der Waals surface area (Å²) < 4.78 is 1.87. The lowest BCUT2D eigenvalue weighted by Gasteiger charge is -2.34. The topological polar surface area (TPSA) is 101 Å². The number of aliphatic imine (C=N–C) groups is 1. The molecule has 1 unspecified atom stereocenters. The average Bonchev–Trinajstić information content (AvgIpc) is 3.17. The maximum absolute atomic E-state index is 11.2. The van der Waals surface area contributed by atoms with E-state index in [0.29, 0.717) is 18.9 Å². The summed E-state index contributed by atoms with van der Waals surface area (Å²) in [6.45, 7) is 2.39. The first-order valence-electron chi connectivity index (χ1n) is 8.83. The van der Waals surface area contributed by atoms with Crippen LogP contribution in [0.5, 0.6) is 0 Å². The smallest absolute Gasteiger partial charge is 0.217 e. The van der Waals surface area contributed by atoms with E-state index in [1.807, 2.05) is 22.9 Å². The van der Waals surface area contributed by atoms with Crippen molar-refractivity contribution in [3.05, 3.63) is 42.6 Å². The monoisotopic (exact) mass is 483 g/mol. The Bertz CT molecular complexity index is 763. The Morgan fingerprint density at radius 2 is 2.30 bits per heavy atom. The van der Waals surface area contributed by atoms with Crippen molar-refractivity contribution in [2.75, 3.05) is 20.1 Å². The number of carbonyl (C=O) groups excluding carboxylic acids is 1. The van der Waals surface area contributed by atoms with Crippen LogP contribution >= 0.6 is 24.0 Å². The summed E-state index contributed by atoms with van der Waals surface area (Å²) in [7, 11) is 1.78. The van der Waals surface area contributed by atoms with Crippen molar-refractivity contribution in [3.8, 4) is 5.82 Å². The summed E-state index contributed by atoms with van der Waals surface area (Å²) in [4.78, 5) is 26.2. The molecule has 146 valence electrons. The third kappa shape index (κ3) is 5.91. The van der Waals surface area contributed by atoms with Crippen LogP contribution in [-0.4, -0.2) is 51.4 Å². The summed E-state index contributed by atoms with van der Waals surface area (Å²) in [6, 6.07) is 4.00. The number of piperidine rings is 1. The second-order valence-electron chi connectivity index (χ2n) is 6.52. The van der Waals surface area contributed by atoms with Crippen molar-refractivity contribution in [1.82, 2.24) is 24.8 Å². The predicted molar refractivity (Wildman–Crippen MR) is 115 cm³/mol. The van der Waals surface area contributed by atoms with Gasteiger partial charge in [-0.05, 0) is 36.5 Å². The lowest BCUT2D eigenvalue weighted by atomic mass is 9.95. The fraction of sp³-hybridized carbons (Fsp3) is 0.444. The minimum atomic E-state index is -0.233. The molecule has 0 bridgehead atoms. The van der Waals surface area contributed by atoms with Gasteiger partial charge < -0.3 is 16.0 Å². The predicted octanol–water partition coefficient (Wildman–Crippen LogP) is 1.55. The Morgan fingerprint density at radius 3 is 3.00 bits per heavy atom. The summed E-state index contributed by atoms with van der Waals surface area (Å²) >= 11 is 0. The minimum absolute atomic E-state index is 0. The number of guanidine groups is 1. The largest absolute Gasteiger partial charge is 0.370 e. The van der Waals surface area contributed by atoms with Gasteiger partial charge in [0, 0.05) is 51.7 Å². The SMILES string of the molecule is CN=C(NCc1ccnc(-n2ccnc2)c1)N1CCCC(CC(N)=O)C1.I. The highest BCUT2D eigenvalue weighted by Crippen LogP contribution is 2.19. The number of hydrogen-bond donors (Lipinski definition) is 2. The maximum Gasteiger partial charge on any atom is 0.217 e. The molecule has 2 aromatic heterocycles. The number of nitrogens with one attached hydrogen (secondary N) is 1. The molecule has 3 heterocycles. The molecule has 0 saturated carbocycles. The third-order valence-electron chi connectivity index (χ3n) is 4.55. The summed E-state index contributed by atoms with van der Waals surface area (Å²) in [5.41, 5.74) is 6.46. The van der Waals surface area contributed by atoms with Crippen molar-refractivity contribution in [1.29, 1.82) is 0 Å². The summed E-state index contributed by atoms with van der Waals surface area (Å²) in [5, 5.41) is 3.41. The molecule has 1 amide bonds. The van der Waals surface area contributed by atoms with E-state index in [1.54, 1.807) is 25.8 Å². The zero-order valence-electron chi connectivity index (χ0n) is 15.4. The Hall–Kier alpha value is -2.17. The second kappa shape index (κ2) is 10.2. The van der Waals surface area contributed by atoms with Gasteiger partial charge in [0.15, 0.2) is 5.96 Å². The van der Waals surface area contributed by atoms with Gasteiger partial charge in [0.1, 0.15) is 12.1 Å². The van der Waals surface area contributed by atoms with E-state index < -0.39 is 0 Å². The molecule has 27 heavy (non-hydrogen) atoms. The highest BCUT2D eigenvalue weighted by Gasteiger charge is 2.23. The van der Waals surface area contributed by atoms with Crippen molar-refractivity contribution < 1.29 is 4.79 Å². The number of halogens is 1. The van der Waals surface area contributed by atoms with E-state index in [2.05, 4.69) is 25.2 Å². The molecule has 3 rings (SSSR count). The molecule has 1 fully saturated rings. The van der Waals surface area contributed by atoms with Gasteiger partial charge in [-0.1, -0.05) is 0 Å². The quantitative estimate of drug-likeness (QED) is 0.382. The van der Waals surface area contributed by atoms with Crippen LogP contribution in [0.2, 0.25) is 0 Å². The lowest BCUT2D eigenvalue weighted by Crippen LogP contribution is -2.46. The normalized spacial score (nSPS) is 17.3. The highest BCUT2D eigenvalue weighted by molar-refractivity contribution is 14.0. The van der Waals surface area contributed by atoms with Crippen LogP contribution in [0.1, 0.15) is 24.8 Å². The van der Waals surface area contributed by atoms with E-state index >= 15 is 0 Å². The number of nitrogens with two attached hydrogens (primary N) is 1. The number of pyridine rings is 1. The Balaban J connectivity index is 0.00000261. The van der Waals surface area contributed by atoms with Crippen molar-refractivity contribution >= 4 is 35.8 Å². The average molecular weight is 483 g/mol. The van der Waals surface area contributed by atoms with Gasteiger partial charge in [-0.15, -0.1) is 24.0 Å². The van der Waals surface area contributed by atoms with Gasteiger partial charge in [-0.2, -0.15) is 0 Å². The minimum Gasteiger partial charge on any atom is -0.370 e. The molecule has 0 radical (unpaired) electrons. The van der Waals surface area contributed by atoms with Crippen molar-refractivity contribution in [2.24, 2.45) is 16.6 Å². The second-order valence-corrected chi connectivity index (χ2v) is 6.52. The molecule has 0 aromatic carbocycles. The van der Waals surface area contributed by atoms with Crippen LogP contribution in [0.4, 0.5) is 0 Å². The molecule has 2 aromatic rings. The standard InChI is InChI=1S/C18H25N7O.HI/c1-20-18(24-7-2-3-15(12-24)9-16(19)26)23-11-14-4-5-22-17(10-14)25-8-6-21-13-25;/h4-6,8,10,13,15H,2-3,7,9,11-12H2,1H3,(H2,19,26)(H,20,23);1H. The van der Waals surface area contributed by atoms with Crippen molar-refractivity contribution in [3.63, 3.8) is 0 Å². The molecule has 8 nitrogen and oxygen atoms in total. The van der Waals surface area contributed by atoms with Gasteiger partial charge in [0.2, 0.25) is 5.91 Å². The number of carbonyl (C=O) groups is 1. The molecule has 0 spiro atoms. The first-order valence-corrected chi connectivity index (χ1v) is 8.83. The van der Waals surface area contributed by atoms with Crippen LogP contribution in [0.15, 0.2) is 42.0 Å². The first-order chi connectivity index (χ1) is 12.7. The van der Waals surface area contributed by atoms with E-state index in [1.165, 1.54) is 0 Å². The van der Waals surface area contributed by atoms with E-state index in [0.717, 1.165) is 43.3 Å². The lowest BCUT2D eigenvalue weighted by molar-refractivity contribution is -0.119. The molecule has 9 heteroatoms. The number of amides is 1. The molecule has 1 aliphatic heterocycles. The zero-order chi connectivity index (χ0) is 18.4. The molecular weight excluding hydrogens is 457 g/mol. The van der Waals surface area contributed by atoms with Gasteiger partial charge in [0.25, 0.3) is 0 Å². The number of hydrogen-bond acceptors (Lipinski definition) is 4. The number of nitrogens with zero attached hydrogens (tertiary/aromatic N) is 5. The van der Waals surface area contributed by atoms with Crippen LogP contribution in [0, 0.1) is 5.92 Å². The number of imidazole rings is 1. The Labute approximate surface area is 176 Å². The molecule has 1 aliphatic rings. The van der Waals surface area contributed by atoms with E-state index in [4.69, 9.17) is 5.73 Å². The van der Waals surface area contributed by atoms with Gasteiger partial charge >= 0.3 is 0 Å². The molecular formula is C18H26IN7O. The van der Waals surface area contributed by atoms with Gasteiger partial charge in [0.05, 0.1) is 0 Å². The molecule has 3 N–H and O–H groups in total. The van der Waals surface area contributed by atoms with Crippen LogP contribution in [0.3, 0.4) is 0 Å². The molecule has 1 saturated heterocycles. The number of likely N-dealkylation sites (tertiary alicyclic amines) is 1. The molecule has 1 atom stereocenters. The Morgan fingerprint density at radius 1 is 1.44 bits per heavy atom. The van der Waals surface area contributed by atoms with Crippen molar-refractivity contribution in [2.45, 2.75) is 25.8 Å². The maximum atomic E-state index is 11.2. The summed E-state index contributed by atoms with van der Waals surface area (Å²) in [6.07, 6.45) is 9.63. The van der Waals surface area contributed by atoms with E-state index in [-0.39, 0.29) is 29.9 Å². The van der Waals surface area contributed by atoms with Gasteiger partial charge in [-0.25, -0.2) is 9.97 Å². The fourth-order valence-electron chi connectivity index (χ4n) is 3.33. The zero-order valence-corrected chi connectivity index (χ0v) is 17.7.